The number of nitriles is 1. The molecule has 2 aliphatic heterocycles. The van der Waals surface area contributed by atoms with Crippen molar-refractivity contribution in [1.29, 1.82) is 5.26 Å². The van der Waals surface area contributed by atoms with Gasteiger partial charge in [-0.25, -0.2) is 9.78 Å². The first-order chi connectivity index (χ1) is 15.7. The van der Waals surface area contributed by atoms with E-state index in [1.165, 1.54) is 6.20 Å². The van der Waals surface area contributed by atoms with Crippen molar-refractivity contribution >= 4 is 28.8 Å². The number of piperidine rings is 1. The van der Waals surface area contributed by atoms with Crippen LogP contribution in [0.15, 0.2) is 27.3 Å². The molecule has 2 aliphatic rings. The van der Waals surface area contributed by atoms with Gasteiger partial charge >= 0.3 is 6.09 Å². The quantitative estimate of drug-likeness (QED) is 0.576. The molecular weight excluding hydrogens is 430 g/mol. The Hall–Kier alpha value is -3.06. The van der Waals surface area contributed by atoms with Crippen molar-refractivity contribution in [2.24, 2.45) is 5.92 Å². The minimum atomic E-state index is -0.182. The second-order valence-electron chi connectivity index (χ2n) is 8.14. The first kappa shape index (κ1) is 20.8. The summed E-state index contributed by atoms with van der Waals surface area (Å²) in [5, 5.41) is 13.9. The van der Waals surface area contributed by atoms with Gasteiger partial charge in [-0.05, 0) is 49.2 Å². The standard InChI is InChI=1S/C22H23N5O4S/c23-13-17-16-12-19(30-18(16)1-6-24-17)21-25-20(26-31-21)11-14-2-7-27(8-3-14)22(28)29-15-4-9-32-10-5-15/h1,6,12,14-15H,2-5,7-11H2. The van der Waals surface area contributed by atoms with E-state index in [0.717, 1.165) is 37.2 Å². The van der Waals surface area contributed by atoms with Gasteiger partial charge in [0.2, 0.25) is 0 Å². The van der Waals surface area contributed by atoms with Crippen LogP contribution in [-0.2, 0) is 11.2 Å². The highest BCUT2D eigenvalue weighted by atomic mass is 32.2. The van der Waals surface area contributed by atoms with Gasteiger partial charge in [0.25, 0.3) is 5.89 Å². The number of amides is 1. The molecule has 0 unspecified atom stereocenters. The number of carbonyl (C=O) groups is 1. The van der Waals surface area contributed by atoms with Crippen LogP contribution in [0.3, 0.4) is 0 Å². The smallest absolute Gasteiger partial charge is 0.410 e. The molecule has 0 atom stereocenters. The predicted octanol–water partition coefficient (Wildman–Crippen LogP) is 4.04. The van der Waals surface area contributed by atoms with E-state index in [4.69, 9.17) is 13.7 Å². The Balaban J connectivity index is 1.16. The van der Waals surface area contributed by atoms with Crippen LogP contribution in [0.5, 0.6) is 0 Å². The molecule has 0 saturated carbocycles. The van der Waals surface area contributed by atoms with Gasteiger partial charge < -0.3 is 18.6 Å². The van der Waals surface area contributed by atoms with E-state index in [9.17, 15) is 10.1 Å². The summed E-state index contributed by atoms with van der Waals surface area (Å²) in [5.41, 5.74) is 0.849. The van der Waals surface area contributed by atoms with Crippen LogP contribution >= 0.6 is 11.8 Å². The van der Waals surface area contributed by atoms with Gasteiger partial charge in [0.05, 0.1) is 5.39 Å². The largest absolute Gasteiger partial charge is 0.451 e. The first-order valence-corrected chi connectivity index (χ1v) is 12.0. The number of aromatic nitrogens is 3. The molecule has 166 valence electrons. The van der Waals surface area contributed by atoms with Gasteiger partial charge in [0, 0.05) is 31.8 Å². The van der Waals surface area contributed by atoms with Crippen LogP contribution in [0.1, 0.15) is 37.2 Å². The Labute approximate surface area is 189 Å². The number of ether oxygens (including phenoxy) is 1. The predicted molar refractivity (Wildman–Crippen MR) is 117 cm³/mol. The van der Waals surface area contributed by atoms with E-state index in [2.05, 4.69) is 21.2 Å². The highest BCUT2D eigenvalue weighted by Gasteiger charge is 2.28. The van der Waals surface area contributed by atoms with Crippen LogP contribution < -0.4 is 0 Å². The van der Waals surface area contributed by atoms with Crippen molar-refractivity contribution in [2.45, 2.75) is 38.2 Å². The number of thioether (sulfide) groups is 1. The van der Waals surface area contributed by atoms with Crippen LogP contribution in [0.25, 0.3) is 22.6 Å². The minimum absolute atomic E-state index is 0.0671. The van der Waals surface area contributed by atoms with Gasteiger partial charge in [-0.15, -0.1) is 0 Å². The molecule has 0 aliphatic carbocycles. The van der Waals surface area contributed by atoms with Crippen molar-refractivity contribution in [1.82, 2.24) is 20.0 Å². The summed E-state index contributed by atoms with van der Waals surface area (Å²) < 4.78 is 16.8. The SMILES string of the molecule is N#Cc1nccc2oc(-c3nc(CC4CCN(C(=O)OC5CCSCC5)CC4)no3)cc12. The fraction of sp³-hybridized carbons (Fsp3) is 0.500. The number of rotatable bonds is 4. The zero-order chi connectivity index (χ0) is 21.9. The molecular formula is C22H23N5O4S. The highest BCUT2D eigenvalue weighted by molar-refractivity contribution is 7.99. The third-order valence-electron chi connectivity index (χ3n) is 6.01. The monoisotopic (exact) mass is 453 g/mol. The Morgan fingerprint density at radius 2 is 2.09 bits per heavy atom. The van der Waals surface area contributed by atoms with E-state index in [1.54, 1.807) is 12.1 Å². The summed E-state index contributed by atoms with van der Waals surface area (Å²) in [5.74, 6) is 3.82. The fourth-order valence-corrected chi connectivity index (χ4v) is 5.25. The zero-order valence-corrected chi connectivity index (χ0v) is 18.3. The van der Waals surface area contributed by atoms with E-state index in [-0.39, 0.29) is 18.1 Å². The molecule has 0 radical (unpaired) electrons. The van der Waals surface area contributed by atoms with Gasteiger partial charge in [0.1, 0.15) is 17.8 Å². The van der Waals surface area contributed by atoms with Crippen LogP contribution in [0.2, 0.25) is 0 Å². The first-order valence-electron chi connectivity index (χ1n) is 10.8. The second kappa shape index (κ2) is 9.20. The fourth-order valence-electron chi connectivity index (χ4n) is 4.18. The highest BCUT2D eigenvalue weighted by Crippen LogP contribution is 2.29. The summed E-state index contributed by atoms with van der Waals surface area (Å²) in [7, 11) is 0. The number of hydrogen-bond donors (Lipinski definition) is 0. The maximum atomic E-state index is 12.4. The average molecular weight is 454 g/mol. The lowest BCUT2D eigenvalue weighted by molar-refractivity contribution is 0.0496. The number of carbonyl (C=O) groups excluding carboxylic acids is 1. The number of likely N-dealkylation sites (tertiary alicyclic amines) is 1. The van der Waals surface area contributed by atoms with E-state index in [1.807, 2.05) is 16.7 Å². The second-order valence-corrected chi connectivity index (χ2v) is 9.36. The van der Waals surface area contributed by atoms with E-state index in [0.29, 0.717) is 53.7 Å². The topological polar surface area (TPSA) is 118 Å². The Morgan fingerprint density at radius 3 is 2.88 bits per heavy atom. The van der Waals surface area contributed by atoms with Crippen molar-refractivity contribution in [3.63, 3.8) is 0 Å². The molecule has 1 amide bonds. The van der Waals surface area contributed by atoms with Gasteiger partial charge in [-0.1, -0.05) is 5.16 Å². The van der Waals surface area contributed by atoms with Gasteiger partial charge in [0.15, 0.2) is 17.3 Å². The summed E-state index contributed by atoms with van der Waals surface area (Å²) in [6.45, 7) is 1.37. The zero-order valence-electron chi connectivity index (χ0n) is 17.5. The lowest BCUT2D eigenvalue weighted by Crippen LogP contribution is -2.41. The van der Waals surface area contributed by atoms with Crippen LogP contribution in [-0.4, -0.2) is 56.8 Å². The molecule has 3 aromatic rings. The summed E-state index contributed by atoms with van der Waals surface area (Å²) in [6, 6.07) is 5.45. The maximum Gasteiger partial charge on any atom is 0.410 e. The Bertz CT molecular complexity index is 1140. The molecule has 0 bridgehead atoms. The van der Waals surface area contributed by atoms with E-state index >= 15 is 0 Å². The summed E-state index contributed by atoms with van der Waals surface area (Å²) in [4.78, 5) is 22.8. The number of nitrogens with zero attached hydrogens (tertiary/aromatic N) is 5. The average Bonchev–Trinajstić information content (AvgIpc) is 3.47. The number of pyridine rings is 1. The van der Waals surface area contributed by atoms with E-state index < -0.39 is 0 Å². The number of fused-ring (bicyclic) bond motifs is 1. The van der Waals surface area contributed by atoms with Crippen molar-refractivity contribution in [3.05, 3.63) is 29.8 Å². The van der Waals surface area contributed by atoms with Crippen molar-refractivity contribution in [3.8, 4) is 17.7 Å². The molecule has 2 saturated heterocycles. The molecule has 10 heteroatoms. The maximum absolute atomic E-state index is 12.4. The molecule has 0 spiro atoms. The normalized spacial score (nSPS) is 18.0. The molecule has 0 N–H and O–H groups in total. The Kier molecular flexibility index (Phi) is 5.99. The van der Waals surface area contributed by atoms with Gasteiger partial charge in [-0.2, -0.15) is 22.0 Å². The van der Waals surface area contributed by atoms with Crippen molar-refractivity contribution in [2.75, 3.05) is 24.6 Å². The third-order valence-corrected chi connectivity index (χ3v) is 7.06. The van der Waals surface area contributed by atoms with Crippen LogP contribution in [0, 0.1) is 17.2 Å². The Morgan fingerprint density at radius 1 is 1.28 bits per heavy atom. The third kappa shape index (κ3) is 4.43. The molecule has 9 nitrogen and oxygen atoms in total. The molecule has 3 aromatic heterocycles. The summed E-state index contributed by atoms with van der Waals surface area (Å²) in [6.07, 6.45) is 5.75. The molecule has 5 rings (SSSR count). The lowest BCUT2D eigenvalue weighted by atomic mass is 9.93. The summed E-state index contributed by atoms with van der Waals surface area (Å²) >= 11 is 1.92. The van der Waals surface area contributed by atoms with Gasteiger partial charge in [-0.3, -0.25) is 0 Å². The molecule has 2 fully saturated rings. The molecule has 0 aromatic carbocycles. The van der Waals surface area contributed by atoms with Crippen molar-refractivity contribution < 1.29 is 18.5 Å². The molecule has 32 heavy (non-hydrogen) atoms. The molecule has 5 heterocycles. The van der Waals surface area contributed by atoms with Crippen LogP contribution in [0.4, 0.5) is 4.79 Å². The number of furan rings is 1. The lowest BCUT2D eigenvalue weighted by Gasteiger charge is -2.32. The minimum Gasteiger partial charge on any atom is -0.451 e. The number of hydrogen-bond acceptors (Lipinski definition) is 9.